The lowest BCUT2D eigenvalue weighted by Gasteiger charge is -2.58. The minimum absolute atomic E-state index is 0.0846. The van der Waals surface area contributed by atoms with E-state index in [9.17, 15) is 56.2 Å². The van der Waals surface area contributed by atoms with Gasteiger partial charge in [0.25, 0.3) is 0 Å². The highest BCUT2D eigenvalue weighted by Crippen LogP contribution is 2.71. The smallest absolute Gasteiger partial charge is 0.189 e. The third-order valence-corrected chi connectivity index (χ3v) is 19.5. The molecule has 31 atom stereocenters. The molecule has 0 radical (unpaired) electrons. The fourth-order valence-electron chi connectivity index (χ4n) is 15.3. The molecule has 71 heavy (non-hydrogen) atoms. The molecular weight excluding hydrogens is 937 g/mol. The molecule has 9 fully saturated rings. The molecule has 6 heterocycles. The van der Waals surface area contributed by atoms with Gasteiger partial charge in [0.2, 0.25) is 0 Å². The molecule has 6 saturated heterocycles. The van der Waals surface area contributed by atoms with Crippen molar-refractivity contribution in [3.63, 3.8) is 0 Å². The van der Waals surface area contributed by atoms with E-state index in [1.807, 2.05) is 0 Å². The highest BCUT2D eigenvalue weighted by Gasteiger charge is 2.69. The van der Waals surface area contributed by atoms with Gasteiger partial charge < -0.3 is 104 Å². The van der Waals surface area contributed by atoms with Crippen LogP contribution in [0, 0.1) is 46.3 Å². The Hall–Kier alpha value is -1.10. The molecule has 31 unspecified atom stereocenters. The number of aliphatic hydroxyl groups is 11. The summed E-state index contributed by atoms with van der Waals surface area (Å²) in [7, 11) is 0. The van der Waals surface area contributed by atoms with Crippen LogP contribution in [0.25, 0.3) is 0 Å². The van der Waals surface area contributed by atoms with Crippen LogP contribution < -0.4 is 0 Å². The van der Waals surface area contributed by atoms with E-state index in [0.29, 0.717) is 48.3 Å². The standard InChI is InChI=1S/C50H80O21/c1-19-9-14-50(62-18-19)20(2)30-28(71-50)16-27-25-8-7-23-15-24(10-12-48(23,5)26(25)11-13-49(27,30)6)65-47-42(69-46-37(58)33(54)35(56)43(61)70-46)39(60)41(29(17-51)66-47)68-45-38(59)34(55)40(22(4)64-45)67-44-36(57)32(53)31(52)21(3)63-44/h7,19-22,24-47,51-61H,8-18H2,1-6H3. The van der Waals surface area contributed by atoms with Crippen molar-refractivity contribution in [2.24, 2.45) is 46.3 Å². The Kier molecular flexibility index (Phi) is 15.0. The molecule has 406 valence electrons. The number of fused-ring (bicyclic) bond motifs is 7. The largest absolute Gasteiger partial charge is 0.394 e. The van der Waals surface area contributed by atoms with Gasteiger partial charge in [0.15, 0.2) is 37.2 Å². The molecule has 10 rings (SSSR count). The first-order valence-corrected chi connectivity index (χ1v) is 26.3. The fraction of sp³-hybridized carbons (Fsp3) is 0.960. The van der Waals surface area contributed by atoms with E-state index in [1.54, 1.807) is 0 Å². The molecule has 0 aromatic carbocycles. The molecule has 21 nitrogen and oxygen atoms in total. The van der Waals surface area contributed by atoms with Crippen LogP contribution in [0.2, 0.25) is 0 Å². The van der Waals surface area contributed by atoms with E-state index in [2.05, 4.69) is 33.8 Å². The minimum Gasteiger partial charge on any atom is -0.394 e. The zero-order valence-corrected chi connectivity index (χ0v) is 41.5. The lowest BCUT2D eigenvalue weighted by Crippen LogP contribution is -2.67. The zero-order chi connectivity index (χ0) is 50.8. The number of rotatable bonds is 9. The molecule has 21 heteroatoms. The molecule has 0 aromatic heterocycles. The van der Waals surface area contributed by atoms with Crippen LogP contribution in [0.5, 0.6) is 0 Å². The topological polar surface area (TPSA) is 315 Å². The van der Waals surface area contributed by atoms with Gasteiger partial charge in [-0.1, -0.05) is 39.3 Å². The fourth-order valence-corrected chi connectivity index (χ4v) is 15.3. The Morgan fingerprint density at radius 3 is 1.94 bits per heavy atom. The molecule has 3 saturated carbocycles. The number of ether oxygens (including phenoxy) is 10. The third kappa shape index (κ3) is 9.02. The average Bonchev–Trinajstić information content (AvgIpc) is 3.79. The Bertz CT molecular complexity index is 1890. The first-order valence-electron chi connectivity index (χ1n) is 26.3. The second-order valence-corrected chi connectivity index (χ2v) is 23.5. The van der Waals surface area contributed by atoms with Gasteiger partial charge in [-0.3, -0.25) is 0 Å². The SMILES string of the molecule is CC1CCC2(OC1)OC1CC3C4CC=C5CC(OC6OC(CO)C(OC7OC(C)C(OC8OC(C)C(O)C(O)C8O)C(O)C7O)C(O)C6OC6OC(O)C(O)C(O)C6O)CCC5(C)C4CCC3(C)C1C2C. The Labute approximate surface area is 414 Å². The van der Waals surface area contributed by atoms with Gasteiger partial charge in [-0.25, -0.2) is 0 Å². The number of hydrogen-bond acceptors (Lipinski definition) is 21. The van der Waals surface area contributed by atoms with Crippen LogP contribution in [0.15, 0.2) is 11.6 Å². The lowest BCUT2D eigenvalue weighted by atomic mass is 9.47. The maximum absolute atomic E-state index is 12.2. The summed E-state index contributed by atoms with van der Waals surface area (Å²) in [6.45, 7) is 12.4. The summed E-state index contributed by atoms with van der Waals surface area (Å²) < 4.78 is 61.4. The summed E-state index contributed by atoms with van der Waals surface area (Å²) in [6.07, 6.45) is -22.0. The molecule has 1 spiro atoms. The highest BCUT2D eigenvalue weighted by atomic mass is 16.8. The highest BCUT2D eigenvalue weighted by molar-refractivity contribution is 5.26. The summed E-state index contributed by atoms with van der Waals surface area (Å²) in [5.41, 5.74) is 1.36. The summed E-state index contributed by atoms with van der Waals surface area (Å²) in [6, 6.07) is 0. The summed E-state index contributed by atoms with van der Waals surface area (Å²) in [5.74, 6) is 2.36. The van der Waals surface area contributed by atoms with Gasteiger partial charge in [-0.05, 0) is 106 Å². The molecular formula is C50H80O21. The van der Waals surface area contributed by atoms with Crippen LogP contribution in [0.4, 0.5) is 0 Å². The lowest BCUT2D eigenvalue weighted by molar-refractivity contribution is -0.403. The van der Waals surface area contributed by atoms with Crippen LogP contribution in [0.1, 0.15) is 99.3 Å². The van der Waals surface area contributed by atoms with E-state index >= 15 is 0 Å². The van der Waals surface area contributed by atoms with Crippen LogP contribution >= 0.6 is 0 Å². The monoisotopic (exact) mass is 1020 g/mol. The molecule has 0 bridgehead atoms. The van der Waals surface area contributed by atoms with E-state index < -0.39 is 142 Å². The molecule has 0 aromatic rings. The van der Waals surface area contributed by atoms with Gasteiger partial charge >= 0.3 is 0 Å². The van der Waals surface area contributed by atoms with Crippen LogP contribution in [0.3, 0.4) is 0 Å². The van der Waals surface area contributed by atoms with Gasteiger partial charge in [-0.15, -0.1) is 0 Å². The first kappa shape index (κ1) is 53.3. The second-order valence-electron chi connectivity index (χ2n) is 23.5. The minimum atomic E-state index is -1.99. The Morgan fingerprint density at radius 2 is 1.25 bits per heavy atom. The van der Waals surface area contributed by atoms with Crippen molar-refractivity contribution in [1.29, 1.82) is 0 Å². The van der Waals surface area contributed by atoms with Crippen LogP contribution in [-0.4, -0.2) is 210 Å². The van der Waals surface area contributed by atoms with Crippen LogP contribution in [-0.2, 0) is 47.4 Å². The summed E-state index contributed by atoms with van der Waals surface area (Å²) in [4.78, 5) is 0. The van der Waals surface area contributed by atoms with Crippen molar-refractivity contribution in [2.45, 2.75) is 240 Å². The third-order valence-electron chi connectivity index (χ3n) is 19.5. The number of hydrogen-bond donors (Lipinski definition) is 11. The van der Waals surface area contributed by atoms with Gasteiger partial charge in [0, 0.05) is 12.3 Å². The van der Waals surface area contributed by atoms with Gasteiger partial charge in [0.05, 0.1) is 37.6 Å². The molecule has 4 aliphatic carbocycles. The van der Waals surface area contributed by atoms with E-state index in [4.69, 9.17) is 47.4 Å². The van der Waals surface area contributed by atoms with Crippen molar-refractivity contribution < 1.29 is 104 Å². The second kappa shape index (κ2) is 20.0. The molecule has 11 N–H and O–H groups in total. The van der Waals surface area contributed by atoms with Crippen molar-refractivity contribution in [1.82, 2.24) is 0 Å². The maximum Gasteiger partial charge on any atom is 0.189 e. The molecule has 6 aliphatic heterocycles. The zero-order valence-electron chi connectivity index (χ0n) is 41.5. The first-order chi connectivity index (χ1) is 33.6. The van der Waals surface area contributed by atoms with E-state index in [1.165, 1.54) is 19.4 Å². The van der Waals surface area contributed by atoms with Crippen molar-refractivity contribution >= 4 is 0 Å². The number of allylic oxidation sites excluding steroid dienone is 1. The summed E-state index contributed by atoms with van der Waals surface area (Å²) >= 11 is 0. The normalized spacial score (nSPS) is 58.4. The van der Waals surface area contributed by atoms with E-state index in [-0.39, 0.29) is 16.9 Å². The average molecular weight is 1020 g/mol. The van der Waals surface area contributed by atoms with Gasteiger partial charge in [-0.2, -0.15) is 0 Å². The van der Waals surface area contributed by atoms with Crippen molar-refractivity contribution in [3.8, 4) is 0 Å². The quantitative estimate of drug-likeness (QED) is 0.124. The molecule has 10 aliphatic rings. The molecule has 0 amide bonds. The Balaban J connectivity index is 0.836. The maximum atomic E-state index is 12.2. The van der Waals surface area contributed by atoms with E-state index in [0.717, 1.165) is 51.6 Å². The van der Waals surface area contributed by atoms with Crippen molar-refractivity contribution in [2.75, 3.05) is 13.2 Å². The number of aliphatic hydroxyl groups excluding tert-OH is 11. The predicted molar refractivity (Wildman–Crippen MR) is 241 cm³/mol. The Morgan fingerprint density at radius 1 is 0.606 bits per heavy atom. The van der Waals surface area contributed by atoms with Gasteiger partial charge in [0.1, 0.15) is 79.4 Å². The predicted octanol–water partition coefficient (Wildman–Crippen LogP) is -0.977. The summed E-state index contributed by atoms with van der Waals surface area (Å²) in [5, 5.41) is 119. The van der Waals surface area contributed by atoms with Crippen molar-refractivity contribution in [3.05, 3.63) is 11.6 Å².